The molecule has 1 aromatic rings. The summed E-state index contributed by atoms with van der Waals surface area (Å²) in [5.74, 6) is 0.375. The fourth-order valence-corrected chi connectivity index (χ4v) is 3.11. The quantitative estimate of drug-likeness (QED) is 0.862. The van der Waals surface area contributed by atoms with Gasteiger partial charge in [-0.3, -0.25) is 0 Å². The van der Waals surface area contributed by atoms with Gasteiger partial charge in [-0.2, -0.15) is 0 Å². The number of rotatable bonds is 3. The standard InChI is InChI=1S/C15H21NO2/c17-12-4-3-11-7-8-16-15(14(11)10-12)6-5-13-2-1-9-18-13/h3-4,10,13,15-17H,1-2,5-9H2. The van der Waals surface area contributed by atoms with Crippen LogP contribution in [-0.4, -0.2) is 24.4 Å². The van der Waals surface area contributed by atoms with Gasteiger partial charge < -0.3 is 15.2 Å². The number of nitrogens with one attached hydrogen (secondary N) is 1. The van der Waals surface area contributed by atoms with Crippen molar-refractivity contribution in [1.29, 1.82) is 0 Å². The number of hydrogen-bond acceptors (Lipinski definition) is 3. The van der Waals surface area contributed by atoms with E-state index in [9.17, 15) is 5.11 Å². The van der Waals surface area contributed by atoms with Gasteiger partial charge in [0.1, 0.15) is 5.75 Å². The van der Waals surface area contributed by atoms with E-state index in [0.717, 1.165) is 32.4 Å². The lowest BCUT2D eigenvalue weighted by Crippen LogP contribution is -2.30. The van der Waals surface area contributed by atoms with Crippen LogP contribution in [0.1, 0.15) is 42.9 Å². The Morgan fingerprint density at radius 2 is 2.28 bits per heavy atom. The van der Waals surface area contributed by atoms with Crippen molar-refractivity contribution in [3.05, 3.63) is 29.3 Å². The first-order chi connectivity index (χ1) is 8.83. The Labute approximate surface area is 108 Å². The predicted octanol–water partition coefficient (Wildman–Crippen LogP) is 2.54. The number of ether oxygens (including phenoxy) is 1. The third-order valence-corrected chi connectivity index (χ3v) is 4.09. The Morgan fingerprint density at radius 3 is 3.11 bits per heavy atom. The molecule has 0 aliphatic carbocycles. The number of phenolic OH excluding ortho intramolecular Hbond substituents is 1. The molecular weight excluding hydrogens is 226 g/mol. The van der Waals surface area contributed by atoms with Crippen LogP contribution in [0.25, 0.3) is 0 Å². The van der Waals surface area contributed by atoms with Gasteiger partial charge in [-0.25, -0.2) is 0 Å². The van der Waals surface area contributed by atoms with Crippen LogP contribution >= 0.6 is 0 Å². The lowest BCUT2D eigenvalue weighted by Gasteiger charge is -2.28. The van der Waals surface area contributed by atoms with E-state index < -0.39 is 0 Å². The van der Waals surface area contributed by atoms with E-state index >= 15 is 0 Å². The molecule has 0 aromatic heterocycles. The SMILES string of the molecule is Oc1ccc2c(c1)C(CCC1CCCO1)NCC2. The van der Waals surface area contributed by atoms with Crippen molar-refractivity contribution < 1.29 is 9.84 Å². The number of fused-ring (bicyclic) bond motifs is 1. The second-order valence-corrected chi connectivity index (χ2v) is 5.35. The molecule has 0 bridgehead atoms. The van der Waals surface area contributed by atoms with Crippen LogP contribution in [0.15, 0.2) is 18.2 Å². The molecule has 98 valence electrons. The number of aromatic hydroxyl groups is 1. The largest absolute Gasteiger partial charge is 0.508 e. The zero-order valence-electron chi connectivity index (χ0n) is 10.7. The highest BCUT2D eigenvalue weighted by Gasteiger charge is 2.22. The van der Waals surface area contributed by atoms with Crippen LogP contribution in [0.5, 0.6) is 5.75 Å². The molecule has 2 aliphatic heterocycles. The van der Waals surface area contributed by atoms with Crippen molar-refractivity contribution in [2.75, 3.05) is 13.2 Å². The molecule has 18 heavy (non-hydrogen) atoms. The summed E-state index contributed by atoms with van der Waals surface area (Å²) in [6.07, 6.45) is 6.15. The van der Waals surface area contributed by atoms with E-state index in [-0.39, 0.29) is 0 Å². The van der Waals surface area contributed by atoms with Crippen LogP contribution in [0, 0.1) is 0 Å². The van der Waals surface area contributed by atoms with E-state index in [2.05, 4.69) is 11.4 Å². The van der Waals surface area contributed by atoms with Gasteiger partial charge in [0.05, 0.1) is 6.10 Å². The van der Waals surface area contributed by atoms with Gasteiger partial charge in [0.2, 0.25) is 0 Å². The van der Waals surface area contributed by atoms with Gasteiger partial charge in [0, 0.05) is 12.6 Å². The summed E-state index contributed by atoms with van der Waals surface area (Å²) in [7, 11) is 0. The number of hydrogen-bond donors (Lipinski definition) is 2. The normalized spacial score (nSPS) is 27.1. The highest BCUT2D eigenvalue weighted by atomic mass is 16.5. The molecule has 0 radical (unpaired) electrons. The van der Waals surface area contributed by atoms with E-state index in [1.807, 2.05) is 6.07 Å². The summed E-state index contributed by atoms with van der Waals surface area (Å²) >= 11 is 0. The molecule has 2 atom stereocenters. The van der Waals surface area contributed by atoms with E-state index in [1.54, 1.807) is 6.07 Å². The van der Waals surface area contributed by atoms with Crippen molar-refractivity contribution in [3.63, 3.8) is 0 Å². The van der Waals surface area contributed by atoms with Gasteiger partial charge in [0.25, 0.3) is 0 Å². The molecule has 3 nitrogen and oxygen atoms in total. The second kappa shape index (κ2) is 5.29. The molecular formula is C15H21NO2. The topological polar surface area (TPSA) is 41.5 Å². The molecule has 2 unspecified atom stereocenters. The van der Waals surface area contributed by atoms with Crippen molar-refractivity contribution >= 4 is 0 Å². The fraction of sp³-hybridized carbons (Fsp3) is 0.600. The zero-order chi connectivity index (χ0) is 12.4. The van der Waals surface area contributed by atoms with Crippen LogP contribution in [0.4, 0.5) is 0 Å². The van der Waals surface area contributed by atoms with Gasteiger partial charge in [-0.15, -0.1) is 0 Å². The Morgan fingerprint density at radius 1 is 1.33 bits per heavy atom. The zero-order valence-corrected chi connectivity index (χ0v) is 10.7. The molecule has 1 fully saturated rings. The Kier molecular flexibility index (Phi) is 3.52. The highest BCUT2D eigenvalue weighted by molar-refractivity contribution is 5.38. The monoisotopic (exact) mass is 247 g/mol. The minimum Gasteiger partial charge on any atom is -0.508 e. The number of phenols is 1. The van der Waals surface area contributed by atoms with Crippen molar-refractivity contribution in [3.8, 4) is 5.75 Å². The van der Waals surface area contributed by atoms with E-state index in [4.69, 9.17) is 4.74 Å². The number of benzene rings is 1. The van der Waals surface area contributed by atoms with Crippen molar-refractivity contribution in [2.45, 2.75) is 44.2 Å². The summed E-state index contributed by atoms with van der Waals surface area (Å²) in [6, 6.07) is 6.15. The summed E-state index contributed by atoms with van der Waals surface area (Å²) in [4.78, 5) is 0. The summed E-state index contributed by atoms with van der Waals surface area (Å²) < 4.78 is 5.68. The molecule has 1 saturated heterocycles. The van der Waals surface area contributed by atoms with Crippen molar-refractivity contribution in [2.24, 2.45) is 0 Å². The first-order valence-corrected chi connectivity index (χ1v) is 7.00. The molecule has 0 amide bonds. The van der Waals surface area contributed by atoms with Crippen LogP contribution < -0.4 is 5.32 Å². The van der Waals surface area contributed by atoms with Gasteiger partial charge in [0.15, 0.2) is 0 Å². The minimum atomic E-state index is 0.375. The molecule has 1 aromatic carbocycles. The molecule has 2 heterocycles. The molecule has 2 aliphatic rings. The first-order valence-electron chi connectivity index (χ1n) is 7.00. The molecule has 3 heteroatoms. The first kappa shape index (κ1) is 12.0. The van der Waals surface area contributed by atoms with E-state index in [1.165, 1.54) is 24.0 Å². The maximum Gasteiger partial charge on any atom is 0.115 e. The van der Waals surface area contributed by atoms with Crippen LogP contribution in [-0.2, 0) is 11.2 Å². The summed E-state index contributed by atoms with van der Waals surface area (Å²) in [5, 5.41) is 13.2. The Bertz CT molecular complexity index is 413. The Balaban J connectivity index is 1.68. The molecule has 0 saturated carbocycles. The second-order valence-electron chi connectivity index (χ2n) is 5.35. The third-order valence-electron chi connectivity index (χ3n) is 4.09. The van der Waals surface area contributed by atoms with Crippen molar-refractivity contribution in [1.82, 2.24) is 5.32 Å². The van der Waals surface area contributed by atoms with Gasteiger partial charge in [-0.05, 0) is 61.9 Å². The summed E-state index contributed by atoms with van der Waals surface area (Å²) in [6.45, 7) is 1.97. The van der Waals surface area contributed by atoms with Crippen LogP contribution in [0.3, 0.4) is 0 Å². The van der Waals surface area contributed by atoms with Crippen LogP contribution in [0.2, 0.25) is 0 Å². The molecule has 2 N–H and O–H groups in total. The van der Waals surface area contributed by atoms with E-state index in [0.29, 0.717) is 17.9 Å². The smallest absolute Gasteiger partial charge is 0.115 e. The molecule has 3 rings (SSSR count). The minimum absolute atomic E-state index is 0.375. The summed E-state index contributed by atoms with van der Waals surface area (Å²) in [5.41, 5.74) is 2.66. The van der Waals surface area contributed by atoms with Gasteiger partial charge >= 0.3 is 0 Å². The predicted molar refractivity (Wildman–Crippen MR) is 70.8 cm³/mol. The lowest BCUT2D eigenvalue weighted by atomic mass is 9.90. The van der Waals surface area contributed by atoms with Gasteiger partial charge in [-0.1, -0.05) is 6.07 Å². The average molecular weight is 247 g/mol. The third kappa shape index (κ3) is 2.52. The maximum absolute atomic E-state index is 9.63. The Hall–Kier alpha value is -1.06. The lowest BCUT2D eigenvalue weighted by molar-refractivity contribution is 0.0993. The highest BCUT2D eigenvalue weighted by Crippen LogP contribution is 2.31. The maximum atomic E-state index is 9.63. The molecule has 0 spiro atoms. The fourth-order valence-electron chi connectivity index (χ4n) is 3.11. The average Bonchev–Trinajstić information content (AvgIpc) is 2.89.